The van der Waals surface area contributed by atoms with E-state index in [1.807, 2.05) is 32.9 Å². The van der Waals surface area contributed by atoms with Gasteiger partial charge in [-0.15, -0.1) is 0 Å². The molecule has 33 heavy (non-hydrogen) atoms. The topological polar surface area (TPSA) is 64.2 Å². The van der Waals surface area contributed by atoms with Gasteiger partial charge in [0, 0.05) is 59.3 Å². The number of hydrogen-bond donors (Lipinski definition) is 0. The van der Waals surface area contributed by atoms with Crippen molar-refractivity contribution in [2.24, 2.45) is 0 Å². The predicted octanol–water partition coefficient (Wildman–Crippen LogP) is 2.11. The van der Waals surface area contributed by atoms with E-state index >= 15 is 0 Å². The summed E-state index contributed by atoms with van der Waals surface area (Å²) in [5.74, 6) is 0.483. The SMILES string of the molecule is CC(=O)N1CCC(C(=O)N2CCN(CC(=O)N3CCCCCC3)CC2)(c2ccccc2)CC1. The van der Waals surface area contributed by atoms with Gasteiger partial charge >= 0.3 is 0 Å². The van der Waals surface area contributed by atoms with E-state index in [1.165, 1.54) is 12.8 Å². The Morgan fingerprint density at radius 3 is 1.91 bits per heavy atom. The maximum Gasteiger partial charge on any atom is 0.236 e. The van der Waals surface area contributed by atoms with Gasteiger partial charge in [-0.05, 0) is 31.2 Å². The third kappa shape index (κ3) is 5.40. The van der Waals surface area contributed by atoms with Crippen LogP contribution in [0.25, 0.3) is 0 Å². The van der Waals surface area contributed by atoms with Crippen LogP contribution in [0.2, 0.25) is 0 Å². The minimum absolute atomic E-state index is 0.0757. The van der Waals surface area contributed by atoms with Crippen molar-refractivity contribution in [3.63, 3.8) is 0 Å². The smallest absolute Gasteiger partial charge is 0.236 e. The molecule has 0 aliphatic carbocycles. The van der Waals surface area contributed by atoms with Crippen LogP contribution in [0, 0.1) is 0 Å². The average molecular weight is 455 g/mol. The number of rotatable bonds is 4. The van der Waals surface area contributed by atoms with Crippen LogP contribution < -0.4 is 0 Å². The highest BCUT2D eigenvalue weighted by molar-refractivity contribution is 5.89. The Morgan fingerprint density at radius 2 is 1.33 bits per heavy atom. The molecule has 0 saturated carbocycles. The predicted molar refractivity (Wildman–Crippen MR) is 128 cm³/mol. The van der Waals surface area contributed by atoms with Crippen molar-refractivity contribution >= 4 is 17.7 Å². The van der Waals surface area contributed by atoms with Crippen LogP contribution in [0.4, 0.5) is 0 Å². The van der Waals surface area contributed by atoms with E-state index < -0.39 is 5.41 Å². The van der Waals surface area contributed by atoms with E-state index in [9.17, 15) is 14.4 Å². The fourth-order valence-electron chi connectivity index (χ4n) is 5.61. The Labute approximate surface area is 197 Å². The second-order valence-electron chi connectivity index (χ2n) is 9.82. The Morgan fingerprint density at radius 1 is 0.727 bits per heavy atom. The molecule has 0 spiro atoms. The molecule has 1 aromatic carbocycles. The molecule has 0 atom stereocenters. The van der Waals surface area contributed by atoms with Crippen LogP contribution in [0.1, 0.15) is 51.0 Å². The Kier molecular flexibility index (Phi) is 7.68. The van der Waals surface area contributed by atoms with E-state index in [0.29, 0.717) is 45.6 Å². The summed E-state index contributed by atoms with van der Waals surface area (Å²) in [5, 5.41) is 0. The van der Waals surface area contributed by atoms with Gasteiger partial charge in [0.05, 0.1) is 12.0 Å². The van der Waals surface area contributed by atoms with Gasteiger partial charge in [-0.1, -0.05) is 43.2 Å². The first-order chi connectivity index (χ1) is 16.0. The summed E-state index contributed by atoms with van der Waals surface area (Å²) in [5.41, 5.74) is 0.481. The van der Waals surface area contributed by atoms with E-state index in [1.54, 1.807) is 6.92 Å². The first kappa shape index (κ1) is 23.7. The molecule has 0 unspecified atom stereocenters. The summed E-state index contributed by atoms with van der Waals surface area (Å²) in [7, 11) is 0. The zero-order chi connectivity index (χ0) is 23.3. The lowest BCUT2D eigenvalue weighted by Crippen LogP contribution is -2.58. The largest absolute Gasteiger partial charge is 0.343 e. The van der Waals surface area contributed by atoms with Crippen LogP contribution in [-0.4, -0.2) is 96.2 Å². The van der Waals surface area contributed by atoms with Gasteiger partial charge in [0.15, 0.2) is 0 Å². The number of amides is 3. The lowest BCUT2D eigenvalue weighted by atomic mass is 9.71. The van der Waals surface area contributed by atoms with Crippen molar-refractivity contribution in [2.45, 2.75) is 50.9 Å². The van der Waals surface area contributed by atoms with Crippen LogP contribution in [0.3, 0.4) is 0 Å². The normalized spacial score (nSPS) is 22.0. The standard InChI is InChI=1S/C26H38N4O3/c1-22(31)28-15-11-26(12-16-28,23-9-5-4-6-10-23)25(33)30-19-17-27(18-20-30)21-24(32)29-13-7-2-3-8-14-29/h4-6,9-10H,2-3,7-8,11-21H2,1H3. The first-order valence-corrected chi connectivity index (χ1v) is 12.6. The van der Waals surface area contributed by atoms with Crippen molar-refractivity contribution in [3.05, 3.63) is 35.9 Å². The van der Waals surface area contributed by atoms with Crippen molar-refractivity contribution in [1.29, 1.82) is 0 Å². The van der Waals surface area contributed by atoms with Gasteiger partial charge in [0.2, 0.25) is 17.7 Å². The minimum Gasteiger partial charge on any atom is -0.343 e. The van der Waals surface area contributed by atoms with Gasteiger partial charge in [-0.2, -0.15) is 0 Å². The van der Waals surface area contributed by atoms with E-state index in [4.69, 9.17) is 0 Å². The van der Waals surface area contributed by atoms with Crippen LogP contribution in [0.5, 0.6) is 0 Å². The van der Waals surface area contributed by atoms with Gasteiger partial charge in [-0.3, -0.25) is 19.3 Å². The molecule has 3 fully saturated rings. The van der Waals surface area contributed by atoms with Crippen molar-refractivity contribution in [3.8, 4) is 0 Å². The summed E-state index contributed by atoms with van der Waals surface area (Å²) in [4.78, 5) is 46.6. The Balaban J connectivity index is 1.38. The highest BCUT2D eigenvalue weighted by Gasteiger charge is 2.45. The lowest BCUT2D eigenvalue weighted by molar-refractivity contribution is -0.144. The zero-order valence-corrected chi connectivity index (χ0v) is 20.0. The number of carbonyl (C=O) groups excluding carboxylic acids is 3. The van der Waals surface area contributed by atoms with Gasteiger partial charge < -0.3 is 14.7 Å². The van der Waals surface area contributed by atoms with Crippen LogP contribution in [0.15, 0.2) is 30.3 Å². The van der Waals surface area contributed by atoms with Crippen LogP contribution >= 0.6 is 0 Å². The maximum atomic E-state index is 13.9. The molecule has 3 heterocycles. The quantitative estimate of drug-likeness (QED) is 0.699. The Bertz CT molecular complexity index is 819. The molecule has 3 amide bonds. The number of hydrogen-bond acceptors (Lipinski definition) is 4. The maximum absolute atomic E-state index is 13.9. The number of benzene rings is 1. The molecule has 7 heteroatoms. The van der Waals surface area contributed by atoms with Crippen molar-refractivity contribution < 1.29 is 14.4 Å². The summed E-state index contributed by atoms with van der Waals surface area (Å²) in [6.45, 7) is 7.81. The highest BCUT2D eigenvalue weighted by atomic mass is 16.2. The monoisotopic (exact) mass is 454 g/mol. The molecule has 7 nitrogen and oxygen atoms in total. The molecule has 0 bridgehead atoms. The summed E-state index contributed by atoms with van der Waals surface area (Å²) in [6.07, 6.45) is 5.97. The molecule has 0 N–H and O–H groups in total. The van der Waals surface area contributed by atoms with E-state index in [2.05, 4.69) is 17.0 Å². The van der Waals surface area contributed by atoms with Gasteiger partial charge in [-0.25, -0.2) is 0 Å². The molecule has 180 valence electrons. The molecular formula is C26H38N4O3. The van der Waals surface area contributed by atoms with E-state index in [0.717, 1.165) is 44.6 Å². The number of piperidine rings is 1. The Hall–Kier alpha value is -2.41. The number of carbonyl (C=O) groups is 3. The molecule has 3 aliphatic rings. The van der Waals surface area contributed by atoms with Crippen LogP contribution in [-0.2, 0) is 19.8 Å². The van der Waals surface area contributed by atoms with Gasteiger partial charge in [0.1, 0.15) is 0 Å². The van der Waals surface area contributed by atoms with Crippen molar-refractivity contribution in [1.82, 2.24) is 19.6 Å². The number of likely N-dealkylation sites (tertiary alicyclic amines) is 2. The molecule has 0 radical (unpaired) electrons. The second kappa shape index (κ2) is 10.7. The fraction of sp³-hybridized carbons (Fsp3) is 0.654. The molecule has 0 aromatic heterocycles. The summed E-state index contributed by atoms with van der Waals surface area (Å²) < 4.78 is 0. The summed E-state index contributed by atoms with van der Waals surface area (Å²) in [6, 6.07) is 10.1. The van der Waals surface area contributed by atoms with Crippen molar-refractivity contribution in [2.75, 3.05) is 58.9 Å². The number of nitrogens with zero attached hydrogens (tertiary/aromatic N) is 4. The zero-order valence-electron chi connectivity index (χ0n) is 20.0. The molecule has 3 aliphatic heterocycles. The molecule has 3 saturated heterocycles. The summed E-state index contributed by atoms with van der Waals surface area (Å²) >= 11 is 0. The number of piperazine rings is 1. The molecular weight excluding hydrogens is 416 g/mol. The fourth-order valence-corrected chi connectivity index (χ4v) is 5.61. The van der Waals surface area contributed by atoms with Gasteiger partial charge in [0.25, 0.3) is 0 Å². The second-order valence-corrected chi connectivity index (χ2v) is 9.82. The first-order valence-electron chi connectivity index (χ1n) is 12.6. The van der Waals surface area contributed by atoms with E-state index in [-0.39, 0.29) is 17.7 Å². The third-order valence-corrected chi connectivity index (χ3v) is 7.78. The highest BCUT2D eigenvalue weighted by Crippen LogP contribution is 2.37. The average Bonchev–Trinajstić information content (AvgIpc) is 3.14. The molecule has 1 aromatic rings. The third-order valence-electron chi connectivity index (χ3n) is 7.78. The minimum atomic E-state index is -0.572. The molecule has 4 rings (SSSR count). The lowest BCUT2D eigenvalue weighted by Gasteiger charge is -2.45.